The zero-order chi connectivity index (χ0) is 13.1. The summed E-state index contributed by atoms with van der Waals surface area (Å²) in [7, 11) is 0. The Labute approximate surface area is 136 Å². The molecule has 0 aliphatic carbocycles. The average Bonchev–Trinajstić information content (AvgIpc) is 2.34. The highest BCUT2D eigenvalue weighted by Crippen LogP contribution is 2.31. The molecule has 0 aliphatic rings. The van der Waals surface area contributed by atoms with Crippen molar-refractivity contribution in [1.82, 2.24) is 0 Å². The maximum Gasteiger partial charge on any atom is 0.138 e. The molecule has 2 aromatic carbocycles. The third kappa shape index (κ3) is 3.55. The van der Waals surface area contributed by atoms with Crippen molar-refractivity contribution >= 4 is 66.4 Å². The van der Waals surface area contributed by atoms with E-state index in [1.165, 1.54) is 3.57 Å². The molecule has 0 aromatic heterocycles. The van der Waals surface area contributed by atoms with E-state index in [0.717, 1.165) is 10.2 Å². The number of benzene rings is 2. The van der Waals surface area contributed by atoms with Crippen LogP contribution in [0.5, 0.6) is 5.75 Å². The minimum Gasteiger partial charge on any atom is -0.506 e. The van der Waals surface area contributed by atoms with Gasteiger partial charge in [0.05, 0.1) is 10.2 Å². The number of aliphatic imine (C=N–C) groups is 1. The summed E-state index contributed by atoms with van der Waals surface area (Å²) in [5, 5.41) is 9.88. The first-order valence-corrected chi connectivity index (χ1v) is 7.70. The lowest BCUT2D eigenvalue weighted by Gasteiger charge is -2.02. The van der Waals surface area contributed by atoms with Gasteiger partial charge in [0.25, 0.3) is 0 Å². The monoisotopic (exact) mass is 479 g/mol. The van der Waals surface area contributed by atoms with E-state index in [4.69, 9.17) is 0 Å². The van der Waals surface area contributed by atoms with Crippen LogP contribution >= 0.6 is 54.5 Å². The fourth-order valence-electron chi connectivity index (χ4n) is 1.36. The van der Waals surface area contributed by atoms with Gasteiger partial charge in [-0.25, -0.2) is 0 Å². The molecule has 0 atom stereocenters. The molecule has 0 amide bonds. The fraction of sp³-hybridized carbons (Fsp3) is 0. The topological polar surface area (TPSA) is 32.6 Å². The van der Waals surface area contributed by atoms with E-state index in [1.54, 1.807) is 12.3 Å². The van der Waals surface area contributed by atoms with Crippen LogP contribution in [-0.2, 0) is 0 Å². The normalized spacial score (nSPS) is 11.1. The van der Waals surface area contributed by atoms with Crippen molar-refractivity contribution in [3.05, 3.63) is 54.5 Å². The van der Waals surface area contributed by atoms with Crippen LogP contribution in [0.1, 0.15) is 5.56 Å². The van der Waals surface area contributed by atoms with Crippen molar-refractivity contribution in [3.8, 4) is 5.75 Å². The third-order valence-electron chi connectivity index (χ3n) is 2.24. The van der Waals surface area contributed by atoms with Gasteiger partial charge >= 0.3 is 0 Å². The number of phenolic OH excluding ortho intramolecular Hbond substituents is 1. The molecule has 0 saturated carbocycles. The average molecular weight is 481 g/mol. The van der Waals surface area contributed by atoms with E-state index in [2.05, 4.69) is 59.4 Å². The maximum atomic E-state index is 9.88. The Hall–Kier alpha value is -0.400. The molecule has 2 nitrogen and oxygen atoms in total. The SMILES string of the molecule is Oc1c(Br)cc(Br)cc1C=Nc1ccc(I)cc1. The number of rotatable bonds is 2. The predicted molar refractivity (Wildman–Crippen MR) is 89.9 cm³/mol. The van der Waals surface area contributed by atoms with Crippen LogP contribution in [0.25, 0.3) is 0 Å². The predicted octanol–water partition coefficient (Wildman–Crippen LogP) is 5.27. The standard InChI is InChI=1S/C13H8Br2INO/c14-9-5-8(13(18)12(15)6-9)7-17-11-3-1-10(16)2-4-11/h1-7,18H. The third-order valence-corrected chi connectivity index (χ3v) is 4.02. The van der Waals surface area contributed by atoms with Gasteiger partial charge in [-0.2, -0.15) is 0 Å². The molecular weight excluding hydrogens is 473 g/mol. The van der Waals surface area contributed by atoms with Crippen LogP contribution in [0.4, 0.5) is 5.69 Å². The van der Waals surface area contributed by atoms with Crippen LogP contribution in [0.15, 0.2) is 50.3 Å². The van der Waals surface area contributed by atoms with E-state index in [-0.39, 0.29) is 5.75 Å². The molecule has 18 heavy (non-hydrogen) atoms. The molecule has 5 heteroatoms. The van der Waals surface area contributed by atoms with Crippen LogP contribution in [0, 0.1) is 3.57 Å². The Bertz CT molecular complexity index is 597. The zero-order valence-corrected chi connectivity index (χ0v) is 14.4. The molecule has 0 radical (unpaired) electrons. The molecule has 0 bridgehead atoms. The van der Waals surface area contributed by atoms with Gasteiger partial charge in [-0.1, -0.05) is 15.9 Å². The van der Waals surface area contributed by atoms with E-state index in [0.29, 0.717) is 10.0 Å². The zero-order valence-electron chi connectivity index (χ0n) is 9.07. The highest BCUT2D eigenvalue weighted by Gasteiger charge is 2.05. The summed E-state index contributed by atoms with van der Waals surface area (Å²) in [6.07, 6.45) is 1.65. The van der Waals surface area contributed by atoms with Gasteiger partial charge in [0.15, 0.2) is 0 Å². The smallest absolute Gasteiger partial charge is 0.138 e. The summed E-state index contributed by atoms with van der Waals surface area (Å²) < 4.78 is 2.69. The summed E-state index contributed by atoms with van der Waals surface area (Å²) in [5.74, 6) is 0.187. The van der Waals surface area contributed by atoms with E-state index in [1.807, 2.05) is 30.3 Å². The Balaban J connectivity index is 2.31. The Morgan fingerprint density at radius 3 is 2.44 bits per heavy atom. The van der Waals surface area contributed by atoms with Crippen molar-refractivity contribution in [3.63, 3.8) is 0 Å². The van der Waals surface area contributed by atoms with Crippen LogP contribution in [0.3, 0.4) is 0 Å². The first kappa shape index (κ1) is 14.0. The molecule has 2 rings (SSSR count). The first-order valence-electron chi connectivity index (χ1n) is 5.04. The van der Waals surface area contributed by atoms with Gasteiger partial charge in [0, 0.05) is 19.8 Å². The second-order valence-electron chi connectivity index (χ2n) is 3.56. The quantitative estimate of drug-likeness (QED) is 0.461. The van der Waals surface area contributed by atoms with E-state index < -0.39 is 0 Å². The molecule has 2 aromatic rings. The summed E-state index contributed by atoms with van der Waals surface area (Å²) in [4.78, 5) is 4.33. The fourth-order valence-corrected chi connectivity index (χ4v) is 2.97. The highest BCUT2D eigenvalue weighted by molar-refractivity contribution is 14.1. The van der Waals surface area contributed by atoms with Crippen molar-refractivity contribution in [2.75, 3.05) is 0 Å². The number of halogens is 3. The molecule has 0 fully saturated rings. The second kappa shape index (κ2) is 6.16. The van der Waals surface area contributed by atoms with E-state index >= 15 is 0 Å². The number of hydrogen-bond donors (Lipinski definition) is 1. The number of aromatic hydroxyl groups is 1. The molecule has 0 spiro atoms. The van der Waals surface area contributed by atoms with Crippen LogP contribution < -0.4 is 0 Å². The van der Waals surface area contributed by atoms with Crippen molar-refractivity contribution < 1.29 is 5.11 Å². The van der Waals surface area contributed by atoms with Gasteiger partial charge < -0.3 is 5.11 Å². The number of nitrogens with zero attached hydrogens (tertiary/aromatic N) is 1. The molecule has 0 saturated heterocycles. The minimum atomic E-state index is 0.187. The Kier molecular flexibility index (Phi) is 4.80. The maximum absolute atomic E-state index is 9.88. The molecule has 0 heterocycles. The highest BCUT2D eigenvalue weighted by atomic mass is 127. The van der Waals surface area contributed by atoms with Crippen LogP contribution in [-0.4, -0.2) is 11.3 Å². The summed E-state index contributed by atoms with van der Waals surface area (Å²) >= 11 is 8.92. The van der Waals surface area contributed by atoms with Gasteiger partial charge in [-0.3, -0.25) is 4.99 Å². The lowest BCUT2D eigenvalue weighted by molar-refractivity contribution is 0.471. The lowest BCUT2D eigenvalue weighted by Crippen LogP contribution is -1.84. The van der Waals surface area contributed by atoms with Gasteiger partial charge in [0.2, 0.25) is 0 Å². The van der Waals surface area contributed by atoms with E-state index in [9.17, 15) is 5.11 Å². The van der Waals surface area contributed by atoms with Crippen LogP contribution in [0.2, 0.25) is 0 Å². The Morgan fingerprint density at radius 1 is 1.11 bits per heavy atom. The first-order chi connectivity index (χ1) is 8.56. The Morgan fingerprint density at radius 2 is 1.78 bits per heavy atom. The molecule has 92 valence electrons. The number of hydrogen-bond acceptors (Lipinski definition) is 2. The molecular formula is C13H8Br2INO. The van der Waals surface area contributed by atoms with Crippen molar-refractivity contribution in [1.29, 1.82) is 0 Å². The van der Waals surface area contributed by atoms with Gasteiger partial charge in [-0.15, -0.1) is 0 Å². The second-order valence-corrected chi connectivity index (χ2v) is 6.58. The molecule has 1 N–H and O–H groups in total. The lowest BCUT2D eigenvalue weighted by atomic mass is 10.2. The van der Waals surface area contributed by atoms with Crippen molar-refractivity contribution in [2.45, 2.75) is 0 Å². The summed E-state index contributed by atoms with van der Waals surface area (Å²) in [5.41, 5.74) is 1.51. The largest absolute Gasteiger partial charge is 0.506 e. The molecule has 0 aliphatic heterocycles. The van der Waals surface area contributed by atoms with Crippen molar-refractivity contribution in [2.24, 2.45) is 4.99 Å². The van der Waals surface area contributed by atoms with Gasteiger partial charge in [-0.05, 0) is 74.9 Å². The summed E-state index contributed by atoms with van der Waals surface area (Å²) in [6, 6.07) is 11.5. The summed E-state index contributed by atoms with van der Waals surface area (Å²) in [6.45, 7) is 0. The molecule has 0 unspecified atom stereocenters. The minimum absolute atomic E-state index is 0.187. The van der Waals surface area contributed by atoms with Gasteiger partial charge in [0.1, 0.15) is 5.75 Å². The number of phenols is 1.